The lowest BCUT2D eigenvalue weighted by molar-refractivity contribution is -0.116. The number of rotatable bonds is 5. The third kappa shape index (κ3) is 3.82. The van der Waals surface area contributed by atoms with Crippen LogP contribution in [0.15, 0.2) is 53.1 Å². The van der Waals surface area contributed by atoms with Crippen LogP contribution >= 0.6 is 0 Å². The van der Waals surface area contributed by atoms with E-state index in [-0.39, 0.29) is 24.1 Å². The second-order valence-corrected chi connectivity index (χ2v) is 5.58. The van der Waals surface area contributed by atoms with E-state index in [0.29, 0.717) is 22.7 Å². The molecule has 7 nitrogen and oxygen atoms in total. The third-order valence-corrected chi connectivity index (χ3v) is 3.62. The molecule has 0 bridgehead atoms. The Morgan fingerprint density at radius 2 is 2.15 bits per heavy atom. The molecule has 2 aromatic heterocycles. The molecule has 3 rings (SSSR count). The van der Waals surface area contributed by atoms with Gasteiger partial charge in [-0.2, -0.15) is 5.10 Å². The van der Waals surface area contributed by atoms with Gasteiger partial charge in [0.1, 0.15) is 5.69 Å². The summed E-state index contributed by atoms with van der Waals surface area (Å²) in [6.45, 7) is -0.123. The van der Waals surface area contributed by atoms with Crippen LogP contribution in [0.1, 0.15) is 16.1 Å². The van der Waals surface area contributed by atoms with Gasteiger partial charge in [-0.05, 0) is 30.3 Å². The molecule has 2 heterocycles. The summed E-state index contributed by atoms with van der Waals surface area (Å²) in [7, 11) is 1.53. The van der Waals surface area contributed by atoms with Gasteiger partial charge in [-0.25, -0.2) is 0 Å². The van der Waals surface area contributed by atoms with Gasteiger partial charge < -0.3 is 14.6 Å². The fraction of sp³-hybridized carbons (Fsp3) is 0.105. The molecular weight excluding hydrogens is 332 g/mol. The number of anilines is 1. The summed E-state index contributed by atoms with van der Waals surface area (Å²) in [5.41, 5.74) is 2.02. The Balaban J connectivity index is 1.62. The first-order valence-electron chi connectivity index (χ1n) is 7.78. The van der Waals surface area contributed by atoms with E-state index in [1.807, 2.05) is 0 Å². The summed E-state index contributed by atoms with van der Waals surface area (Å²) in [4.78, 5) is 25.9. The van der Waals surface area contributed by atoms with Gasteiger partial charge in [0.2, 0.25) is 5.91 Å². The summed E-state index contributed by atoms with van der Waals surface area (Å²) in [5, 5.41) is 9.43. The first-order valence-corrected chi connectivity index (χ1v) is 7.78. The van der Waals surface area contributed by atoms with Crippen molar-refractivity contribution in [2.75, 3.05) is 18.9 Å². The molecule has 7 heteroatoms. The van der Waals surface area contributed by atoms with Gasteiger partial charge in [-0.3, -0.25) is 14.7 Å². The number of benzene rings is 1. The summed E-state index contributed by atoms with van der Waals surface area (Å²) < 4.78 is 5.25. The van der Waals surface area contributed by atoms with Crippen molar-refractivity contribution in [2.45, 2.75) is 0 Å². The summed E-state index contributed by atoms with van der Waals surface area (Å²) >= 11 is 0. The van der Waals surface area contributed by atoms with Crippen LogP contribution in [0.3, 0.4) is 0 Å². The molecule has 0 unspecified atom stereocenters. The fourth-order valence-electron chi connectivity index (χ4n) is 2.36. The SMILES string of the molecule is C#Cc1cccc(NC(=O)CN(C)C(=O)c2cc(-c3ccco3)[nH]n2)c1. The van der Waals surface area contributed by atoms with E-state index in [0.717, 1.165) is 0 Å². The van der Waals surface area contributed by atoms with Crippen LogP contribution in [0.5, 0.6) is 0 Å². The molecule has 3 aromatic rings. The number of nitrogens with zero attached hydrogens (tertiary/aromatic N) is 2. The van der Waals surface area contributed by atoms with Gasteiger partial charge in [0.25, 0.3) is 5.91 Å². The Bertz CT molecular complexity index is 967. The smallest absolute Gasteiger partial charge is 0.274 e. The van der Waals surface area contributed by atoms with Crippen LogP contribution in [0.4, 0.5) is 5.69 Å². The van der Waals surface area contributed by atoms with Crippen LogP contribution in [0.2, 0.25) is 0 Å². The number of carbonyl (C=O) groups is 2. The van der Waals surface area contributed by atoms with Crippen molar-refractivity contribution in [1.82, 2.24) is 15.1 Å². The van der Waals surface area contributed by atoms with E-state index in [2.05, 4.69) is 21.4 Å². The van der Waals surface area contributed by atoms with Crippen LogP contribution in [0, 0.1) is 12.3 Å². The molecule has 0 fully saturated rings. The predicted octanol–water partition coefficient (Wildman–Crippen LogP) is 2.36. The number of aromatic nitrogens is 2. The maximum absolute atomic E-state index is 12.4. The Morgan fingerprint density at radius 3 is 2.88 bits per heavy atom. The van der Waals surface area contributed by atoms with Crippen LogP contribution in [0.25, 0.3) is 11.5 Å². The van der Waals surface area contributed by atoms with Gasteiger partial charge in [-0.1, -0.05) is 12.0 Å². The zero-order valence-electron chi connectivity index (χ0n) is 14.0. The molecule has 26 heavy (non-hydrogen) atoms. The average molecular weight is 348 g/mol. The monoisotopic (exact) mass is 348 g/mol. The van der Waals surface area contributed by atoms with Crippen LogP contribution in [-0.4, -0.2) is 40.5 Å². The van der Waals surface area contributed by atoms with Gasteiger partial charge in [0, 0.05) is 24.4 Å². The maximum atomic E-state index is 12.4. The topological polar surface area (TPSA) is 91.2 Å². The number of terminal acetylenes is 1. The van der Waals surface area contributed by atoms with E-state index in [1.54, 1.807) is 42.5 Å². The van der Waals surface area contributed by atoms with Crippen molar-refractivity contribution in [1.29, 1.82) is 0 Å². The molecule has 2 amide bonds. The molecule has 0 atom stereocenters. The highest BCUT2D eigenvalue weighted by Gasteiger charge is 2.19. The van der Waals surface area contributed by atoms with Crippen molar-refractivity contribution < 1.29 is 14.0 Å². The summed E-state index contributed by atoms with van der Waals surface area (Å²) in [5.74, 6) is 2.36. The van der Waals surface area contributed by atoms with Gasteiger partial charge >= 0.3 is 0 Å². The average Bonchev–Trinajstić information content (AvgIpc) is 3.32. The number of aromatic amines is 1. The highest BCUT2D eigenvalue weighted by molar-refractivity contribution is 5.98. The minimum absolute atomic E-state index is 0.123. The quantitative estimate of drug-likeness (QED) is 0.693. The van der Waals surface area contributed by atoms with Crippen molar-refractivity contribution >= 4 is 17.5 Å². The molecule has 0 radical (unpaired) electrons. The maximum Gasteiger partial charge on any atom is 0.274 e. The number of carbonyl (C=O) groups excluding carboxylic acids is 2. The number of hydrogen-bond donors (Lipinski definition) is 2. The van der Waals surface area contributed by atoms with Crippen molar-refractivity contribution in [2.24, 2.45) is 0 Å². The molecule has 1 aromatic carbocycles. The van der Waals surface area contributed by atoms with E-state index < -0.39 is 0 Å². The Labute approximate surface area is 150 Å². The molecule has 0 aliphatic heterocycles. The largest absolute Gasteiger partial charge is 0.463 e. The number of H-pyrrole nitrogens is 1. The van der Waals surface area contributed by atoms with Crippen molar-refractivity contribution in [3.63, 3.8) is 0 Å². The number of furan rings is 1. The van der Waals surface area contributed by atoms with Crippen molar-refractivity contribution in [3.05, 3.63) is 60.0 Å². The second kappa shape index (κ2) is 7.40. The zero-order chi connectivity index (χ0) is 18.5. The second-order valence-electron chi connectivity index (χ2n) is 5.58. The number of amides is 2. The lowest BCUT2D eigenvalue weighted by atomic mass is 10.2. The van der Waals surface area contributed by atoms with Crippen LogP contribution in [-0.2, 0) is 4.79 Å². The number of hydrogen-bond acceptors (Lipinski definition) is 4. The third-order valence-electron chi connectivity index (χ3n) is 3.62. The van der Waals surface area contributed by atoms with E-state index in [4.69, 9.17) is 10.8 Å². The predicted molar refractivity (Wildman–Crippen MR) is 96.3 cm³/mol. The molecule has 0 saturated carbocycles. The highest BCUT2D eigenvalue weighted by atomic mass is 16.3. The molecule has 130 valence electrons. The summed E-state index contributed by atoms with van der Waals surface area (Å²) in [6.07, 6.45) is 6.87. The normalized spacial score (nSPS) is 10.2. The van der Waals surface area contributed by atoms with Crippen LogP contribution < -0.4 is 5.32 Å². The zero-order valence-corrected chi connectivity index (χ0v) is 14.0. The Morgan fingerprint density at radius 1 is 1.31 bits per heavy atom. The standard InChI is InChI=1S/C19H16N4O3/c1-3-13-6-4-7-14(10-13)20-18(24)12-23(2)19(25)16-11-15(21-22-16)17-8-5-9-26-17/h1,4-11H,12H2,2H3,(H,20,24)(H,21,22). The molecule has 2 N–H and O–H groups in total. The minimum atomic E-state index is -0.383. The van der Waals surface area contributed by atoms with E-state index in [9.17, 15) is 9.59 Å². The molecule has 0 aliphatic carbocycles. The van der Waals surface area contributed by atoms with Crippen molar-refractivity contribution in [3.8, 4) is 23.8 Å². The number of nitrogens with one attached hydrogen (secondary N) is 2. The first-order chi connectivity index (χ1) is 12.6. The van der Waals surface area contributed by atoms with Gasteiger partial charge in [0.05, 0.1) is 12.8 Å². The summed E-state index contributed by atoms with van der Waals surface area (Å²) in [6, 6.07) is 12.0. The lowest BCUT2D eigenvalue weighted by Gasteiger charge is -2.15. The van der Waals surface area contributed by atoms with E-state index >= 15 is 0 Å². The molecule has 0 spiro atoms. The van der Waals surface area contributed by atoms with E-state index in [1.165, 1.54) is 18.2 Å². The highest BCUT2D eigenvalue weighted by Crippen LogP contribution is 2.18. The minimum Gasteiger partial charge on any atom is -0.463 e. The van der Waals surface area contributed by atoms with Gasteiger partial charge in [-0.15, -0.1) is 6.42 Å². The molecule has 0 aliphatic rings. The lowest BCUT2D eigenvalue weighted by Crippen LogP contribution is -2.35. The first kappa shape index (κ1) is 17.0. The molecule has 0 saturated heterocycles. The fourth-order valence-corrected chi connectivity index (χ4v) is 2.36. The van der Waals surface area contributed by atoms with Gasteiger partial charge in [0.15, 0.2) is 11.5 Å². The Hall–Kier alpha value is -3.79. The number of likely N-dealkylation sites (N-methyl/N-ethyl adjacent to an activating group) is 1. The Kier molecular flexibility index (Phi) is 4.85. The molecular formula is C19H16N4O3.